The van der Waals surface area contributed by atoms with Crippen molar-refractivity contribution in [3.63, 3.8) is 0 Å². The number of methoxy groups -OCH3 is 1. The molecule has 0 atom stereocenters. The molecule has 8 heteroatoms. The SMILES string of the molecule is COc1ccccc1C(=O)N/C(=C/c1ccco1)C(=O)Nc1cccc(C(=O)[O-])c1. The zero-order valence-corrected chi connectivity index (χ0v) is 15.9. The summed E-state index contributed by atoms with van der Waals surface area (Å²) in [6, 6.07) is 15.4. The number of anilines is 1. The van der Waals surface area contributed by atoms with E-state index in [-0.39, 0.29) is 22.5 Å². The number of carboxylic acid groups (broad SMARTS) is 1. The zero-order chi connectivity index (χ0) is 21.5. The fraction of sp³-hybridized carbons (Fsp3) is 0.0455. The highest BCUT2D eigenvalue weighted by molar-refractivity contribution is 6.11. The maximum absolute atomic E-state index is 12.8. The van der Waals surface area contributed by atoms with Crippen LogP contribution in [0.4, 0.5) is 5.69 Å². The van der Waals surface area contributed by atoms with Crippen LogP contribution in [0, 0.1) is 0 Å². The van der Waals surface area contributed by atoms with E-state index < -0.39 is 17.8 Å². The summed E-state index contributed by atoms with van der Waals surface area (Å²) >= 11 is 0. The van der Waals surface area contributed by atoms with Gasteiger partial charge in [0.05, 0.1) is 24.9 Å². The van der Waals surface area contributed by atoms with Gasteiger partial charge in [-0.25, -0.2) is 0 Å². The van der Waals surface area contributed by atoms with Crippen LogP contribution in [-0.2, 0) is 4.79 Å². The number of hydrogen-bond acceptors (Lipinski definition) is 6. The molecule has 0 aliphatic heterocycles. The van der Waals surface area contributed by atoms with Gasteiger partial charge in [0, 0.05) is 11.8 Å². The van der Waals surface area contributed by atoms with Crippen LogP contribution < -0.4 is 20.5 Å². The topological polar surface area (TPSA) is 121 Å². The summed E-state index contributed by atoms with van der Waals surface area (Å²) in [5.41, 5.74) is 0.248. The molecule has 8 nitrogen and oxygen atoms in total. The Balaban J connectivity index is 1.87. The molecule has 2 amide bonds. The third-order valence-corrected chi connectivity index (χ3v) is 4.03. The first kappa shape index (κ1) is 20.4. The van der Waals surface area contributed by atoms with Crippen molar-refractivity contribution < 1.29 is 28.6 Å². The van der Waals surface area contributed by atoms with E-state index in [0.29, 0.717) is 11.5 Å². The van der Waals surface area contributed by atoms with Crippen LogP contribution in [0.5, 0.6) is 5.75 Å². The van der Waals surface area contributed by atoms with E-state index in [1.807, 2.05) is 0 Å². The molecule has 0 unspecified atom stereocenters. The summed E-state index contributed by atoms with van der Waals surface area (Å²) in [6.45, 7) is 0. The summed E-state index contributed by atoms with van der Waals surface area (Å²) in [5, 5.41) is 16.1. The predicted octanol–water partition coefficient (Wildman–Crippen LogP) is 2.06. The molecular weight excluding hydrogens is 388 g/mol. The fourth-order valence-corrected chi connectivity index (χ4v) is 2.62. The number of aromatic carboxylic acids is 1. The molecular formula is C22H17N2O6-. The molecule has 30 heavy (non-hydrogen) atoms. The molecule has 0 saturated heterocycles. The normalized spacial score (nSPS) is 10.9. The van der Waals surface area contributed by atoms with Crippen molar-refractivity contribution >= 4 is 29.5 Å². The number of ether oxygens (including phenoxy) is 1. The maximum Gasteiger partial charge on any atom is 0.272 e. The number of hydrogen-bond donors (Lipinski definition) is 2. The lowest BCUT2D eigenvalue weighted by molar-refractivity contribution is -0.255. The molecule has 3 aromatic rings. The molecule has 1 aromatic heterocycles. The fourth-order valence-electron chi connectivity index (χ4n) is 2.62. The Kier molecular flexibility index (Phi) is 6.29. The Hall–Kier alpha value is -4.33. The average molecular weight is 405 g/mol. The summed E-state index contributed by atoms with van der Waals surface area (Å²) in [5.74, 6) is -1.94. The number of furan rings is 1. The van der Waals surface area contributed by atoms with E-state index >= 15 is 0 Å². The van der Waals surface area contributed by atoms with Gasteiger partial charge in [-0.3, -0.25) is 9.59 Å². The van der Waals surface area contributed by atoms with Crippen LogP contribution >= 0.6 is 0 Å². The van der Waals surface area contributed by atoms with Crippen molar-refractivity contribution in [2.75, 3.05) is 12.4 Å². The number of amides is 2. The van der Waals surface area contributed by atoms with Crippen molar-refractivity contribution in [1.82, 2.24) is 5.32 Å². The number of benzene rings is 2. The van der Waals surface area contributed by atoms with E-state index in [9.17, 15) is 19.5 Å². The van der Waals surface area contributed by atoms with Crippen LogP contribution in [0.1, 0.15) is 26.5 Å². The largest absolute Gasteiger partial charge is 0.545 e. The minimum atomic E-state index is -1.37. The van der Waals surface area contributed by atoms with Gasteiger partial charge in [0.2, 0.25) is 0 Å². The molecule has 0 aliphatic rings. The summed E-state index contributed by atoms with van der Waals surface area (Å²) in [7, 11) is 1.43. The highest BCUT2D eigenvalue weighted by atomic mass is 16.5. The second kappa shape index (κ2) is 9.24. The Bertz CT molecular complexity index is 1100. The van der Waals surface area contributed by atoms with Crippen molar-refractivity contribution in [1.29, 1.82) is 0 Å². The van der Waals surface area contributed by atoms with Crippen molar-refractivity contribution in [2.45, 2.75) is 0 Å². The number of carboxylic acids is 1. The van der Waals surface area contributed by atoms with Gasteiger partial charge in [0.1, 0.15) is 17.2 Å². The summed E-state index contributed by atoms with van der Waals surface area (Å²) in [6.07, 6.45) is 2.78. The van der Waals surface area contributed by atoms with E-state index in [4.69, 9.17) is 9.15 Å². The number of carbonyl (C=O) groups is 3. The molecule has 3 rings (SSSR count). The Morgan fingerprint density at radius 2 is 1.83 bits per heavy atom. The monoisotopic (exact) mass is 405 g/mol. The third-order valence-electron chi connectivity index (χ3n) is 4.03. The first-order valence-corrected chi connectivity index (χ1v) is 8.80. The number of para-hydroxylation sites is 1. The Morgan fingerprint density at radius 1 is 1.03 bits per heavy atom. The lowest BCUT2D eigenvalue weighted by atomic mass is 10.1. The minimum Gasteiger partial charge on any atom is -0.545 e. The predicted molar refractivity (Wildman–Crippen MR) is 107 cm³/mol. The van der Waals surface area contributed by atoms with Crippen molar-refractivity contribution in [3.05, 3.63) is 89.5 Å². The molecule has 1 heterocycles. The Morgan fingerprint density at radius 3 is 2.53 bits per heavy atom. The van der Waals surface area contributed by atoms with Gasteiger partial charge in [-0.1, -0.05) is 24.3 Å². The van der Waals surface area contributed by atoms with Crippen LogP contribution in [0.2, 0.25) is 0 Å². The standard InChI is InChI=1S/C22H18N2O6/c1-29-19-10-3-2-9-17(19)20(25)24-18(13-16-8-5-11-30-16)21(26)23-15-7-4-6-14(12-15)22(27)28/h2-13H,1H3,(H,23,26)(H,24,25)(H,27,28)/p-1/b18-13+. The summed E-state index contributed by atoms with van der Waals surface area (Å²) < 4.78 is 10.4. The highest BCUT2D eigenvalue weighted by Gasteiger charge is 2.18. The third kappa shape index (κ3) is 4.93. The molecule has 0 saturated carbocycles. The molecule has 2 N–H and O–H groups in total. The first-order chi connectivity index (χ1) is 14.5. The Labute approximate surface area is 171 Å². The minimum absolute atomic E-state index is 0.0950. The van der Waals surface area contributed by atoms with Gasteiger partial charge in [0.15, 0.2) is 0 Å². The molecule has 0 aliphatic carbocycles. The lowest BCUT2D eigenvalue weighted by Gasteiger charge is -2.13. The van der Waals surface area contributed by atoms with Gasteiger partial charge < -0.3 is 29.7 Å². The number of rotatable bonds is 7. The van der Waals surface area contributed by atoms with E-state index in [0.717, 1.165) is 0 Å². The second-order valence-electron chi connectivity index (χ2n) is 6.05. The maximum atomic E-state index is 12.8. The van der Waals surface area contributed by atoms with Gasteiger partial charge in [-0.2, -0.15) is 0 Å². The van der Waals surface area contributed by atoms with Crippen LogP contribution in [0.25, 0.3) is 6.08 Å². The van der Waals surface area contributed by atoms with Crippen LogP contribution in [-0.4, -0.2) is 24.9 Å². The van der Waals surface area contributed by atoms with Crippen LogP contribution in [0.15, 0.2) is 77.0 Å². The zero-order valence-electron chi connectivity index (χ0n) is 15.9. The van der Waals surface area contributed by atoms with Crippen LogP contribution in [0.3, 0.4) is 0 Å². The first-order valence-electron chi connectivity index (χ1n) is 8.80. The van der Waals surface area contributed by atoms with Gasteiger partial charge in [-0.15, -0.1) is 0 Å². The lowest BCUT2D eigenvalue weighted by Crippen LogP contribution is -2.31. The molecule has 0 radical (unpaired) electrons. The number of carbonyl (C=O) groups excluding carboxylic acids is 3. The van der Waals surface area contributed by atoms with E-state index in [1.165, 1.54) is 43.7 Å². The molecule has 152 valence electrons. The van der Waals surface area contributed by atoms with E-state index in [2.05, 4.69) is 10.6 Å². The number of nitrogens with one attached hydrogen (secondary N) is 2. The molecule has 0 spiro atoms. The van der Waals surface area contributed by atoms with E-state index in [1.54, 1.807) is 36.4 Å². The molecule has 0 fully saturated rings. The van der Waals surface area contributed by atoms with Gasteiger partial charge >= 0.3 is 0 Å². The quantitative estimate of drug-likeness (QED) is 0.581. The smallest absolute Gasteiger partial charge is 0.272 e. The molecule has 0 bridgehead atoms. The van der Waals surface area contributed by atoms with Crippen molar-refractivity contribution in [3.8, 4) is 5.75 Å². The average Bonchev–Trinajstić information content (AvgIpc) is 3.26. The van der Waals surface area contributed by atoms with Crippen molar-refractivity contribution in [2.24, 2.45) is 0 Å². The highest BCUT2D eigenvalue weighted by Crippen LogP contribution is 2.18. The summed E-state index contributed by atoms with van der Waals surface area (Å²) in [4.78, 5) is 36.6. The molecule has 2 aromatic carbocycles. The van der Waals surface area contributed by atoms with Gasteiger partial charge in [-0.05, 0) is 42.0 Å². The second-order valence-corrected chi connectivity index (χ2v) is 6.05. The van der Waals surface area contributed by atoms with Gasteiger partial charge in [0.25, 0.3) is 11.8 Å².